The van der Waals surface area contributed by atoms with Gasteiger partial charge in [0.05, 0.1) is 0 Å². The molecule has 0 saturated heterocycles. The third-order valence-electron chi connectivity index (χ3n) is 4.14. The summed E-state index contributed by atoms with van der Waals surface area (Å²) < 4.78 is 0. The van der Waals surface area contributed by atoms with E-state index in [-0.39, 0.29) is 0 Å². The molecule has 1 aliphatic carbocycles. The Balaban J connectivity index is 1.78. The fourth-order valence-corrected chi connectivity index (χ4v) is 2.97. The van der Waals surface area contributed by atoms with E-state index in [0.29, 0.717) is 0 Å². The highest BCUT2D eigenvalue weighted by Gasteiger charge is 2.22. The zero-order valence-electron chi connectivity index (χ0n) is 12.8. The van der Waals surface area contributed by atoms with Gasteiger partial charge in [0.25, 0.3) is 0 Å². The van der Waals surface area contributed by atoms with Gasteiger partial charge in [0.15, 0.2) is 0 Å². The molecule has 0 atom stereocenters. The Morgan fingerprint density at radius 3 is 2.13 bits per heavy atom. The lowest BCUT2D eigenvalue weighted by Gasteiger charge is -2.14. The van der Waals surface area contributed by atoms with Crippen LogP contribution in [0.2, 0.25) is 0 Å². The van der Waals surface area contributed by atoms with Crippen LogP contribution < -0.4 is 0 Å². The number of benzene rings is 3. The quantitative estimate of drug-likeness (QED) is 0.536. The maximum Gasteiger partial charge on any atom is 0.0130 e. The van der Waals surface area contributed by atoms with Crippen molar-refractivity contribution in [3.05, 3.63) is 116 Å². The SMILES string of the molecule is [CH]1[CH][CH][C](/C(=C/c2ccc3ccccc3c2)c2ccccc2)[CH]1. The molecule has 23 heavy (non-hydrogen) atoms. The average Bonchev–Trinajstić information content (AvgIpc) is 3.14. The van der Waals surface area contributed by atoms with E-state index < -0.39 is 0 Å². The van der Waals surface area contributed by atoms with Gasteiger partial charge in [-0.3, -0.25) is 0 Å². The van der Waals surface area contributed by atoms with E-state index in [2.05, 4.69) is 105 Å². The summed E-state index contributed by atoms with van der Waals surface area (Å²) in [6.07, 6.45) is 10.8. The van der Waals surface area contributed by atoms with Crippen molar-refractivity contribution in [1.82, 2.24) is 0 Å². The Hall–Kier alpha value is -2.34. The van der Waals surface area contributed by atoms with Gasteiger partial charge in [-0.05, 0) is 59.2 Å². The molecule has 0 nitrogen and oxygen atoms in total. The molecule has 0 unspecified atom stereocenters. The number of fused-ring (bicyclic) bond motifs is 1. The van der Waals surface area contributed by atoms with Gasteiger partial charge in [-0.2, -0.15) is 0 Å². The molecule has 0 amide bonds. The summed E-state index contributed by atoms with van der Waals surface area (Å²) in [5, 5.41) is 2.55. The third-order valence-corrected chi connectivity index (χ3v) is 4.14. The summed E-state index contributed by atoms with van der Waals surface area (Å²) in [6, 6.07) is 25.7. The molecule has 109 valence electrons. The minimum Gasteiger partial charge on any atom is -0.0622 e. The first-order valence-corrected chi connectivity index (χ1v) is 7.88. The van der Waals surface area contributed by atoms with E-state index in [9.17, 15) is 0 Å². The molecular weight excluding hydrogens is 276 g/mol. The lowest BCUT2D eigenvalue weighted by atomic mass is 9.89. The predicted octanol–water partition coefficient (Wildman–Crippen LogP) is 5.79. The Morgan fingerprint density at radius 2 is 1.35 bits per heavy atom. The summed E-state index contributed by atoms with van der Waals surface area (Å²) in [6.45, 7) is 0. The van der Waals surface area contributed by atoms with Crippen molar-refractivity contribution in [3.63, 3.8) is 0 Å². The topological polar surface area (TPSA) is 0 Å². The van der Waals surface area contributed by atoms with Crippen molar-refractivity contribution < 1.29 is 0 Å². The van der Waals surface area contributed by atoms with Crippen LogP contribution in [0.4, 0.5) is 0 Å². The molecule has 0 bridgehead atoms. The maximum atomic E-state index is 2.27. The summed E-state index contributed by atoms with van der Waals surface area (Å²) in [5.41, 5.74) is 3.72. The Morgan fingerprint density at radius 1 is 0.652 bits per heavy atom. The van der Waals surface area contributed by atoms with Crippen LogP contribution in [0.5, 0.6) is 0 Å². The second kappa shape index (κ2) is 6.42. The number of rotatable bonds is 3. The van der Waals surface area contributed by atoms with Crippen LogP contribution in [0.25, 0.3) is 22.4 Å². The monoisotopic (exact) mass is 293 g/mol. The second-order valence-corrected chi connectivity index (χ2v) is 5.70. The highest BCUT2D eigenvalue weighted by molar-refractivity contribution is 5.94. The first-order chi connectivity index (χ1) is 11.4. The molecular formula is C23H17. The van der Waals surface area contributed by atoms with E-state index in [0.717, 1.165) is 0 Å². The smallest absolute Gasteiger partial charge is 0.0130 e. The largest absolute Gasteiger partial charge is 0.0622 e. The van der Waals surface area contributed by atoms with Crippen molar-refractivity contribution >= 4 is 22.4 Å². The van der Waals surface area contributed by atoms with Crippen LogP contribution in [-0.4, -0.2) is 0 Å². The van der Waals surface area contributed by atoms with Gasteiger partial charge in [-0.25, -0.2) is 0 Å². The van der Waals surface area contributed by atoms with Crippen molar-refractivity contribution in [3.8, 4) is 0 Å². The normalized spacial score (nSPS) is 16.1. The molecule has 5 radical (unpaired) electrons. The van der Waals surface area contributed by atoms with Crippen LogP contribution >= 0.6 is 0 Å². The third kappa shape index (κ3) is 3.07. The van der Waals surface area contributed by atoms with Crippen molar-refractivity contribution in [1.29, 1.82) is 0 Å². The maximum absolute atomic E-state index is 2.27. The van der Waals surface area contributed by atoms with E-state index >= 15 is 0 Å². The summed E-state index contributed by atoms with van der Waals surface area (Å²) in [5.74, 6) is 1.25. The molecule has 0 heterocycles. The van der Waals surface area contributed by atoms with Crippen LogP contribution in [0.15, 0.2) is 72.8 Å². The van der Waals surface area contributed by atoms with Gasteiger partial charge < -0.3 is 0 Å². The molecule has 0 spiro atoms. The van der Waals surface area contributed by atoms with Crippen LogP contribution in [-0.2, 0) is 0 Å². The zero-order chi connectivity index (χ0) is 15.5. The minimum absolute atomic E-state index is 1.23. The molecule has 3 aromatic carbocycles. The lowest BCUT2D eigenvalue weighted by Crippen LogP contribution is -1.97. The highest BCUT2D eigenvalue weighted by Crippen LogP contribution is 2.37. The first kappa shape index (κ1) is 14.3. The molecule has 0 aliphatic heterocycles. The molecule has 4 rings (SSSR count). The second-order valence-electron chi connectivity index (χ2n) is 5.70. The minimum atomic E-state index is 1.23. The van der Waals surface area contributed by atoms with Gasteiger partial charge >= 0.3 is 0 Å². The van der Waals surface area contributed by atoms with E-state index in [1.54, 1.807) is 0 Å². The molecule has 1 saturated carbocycles. The van der Waals surface area contributed by atoms with Crippen LogP contribution in [0.3, 0.4) is 0 Å². The highest BCUT2D eigenvalue weighted by atomic mass is 14.2. The van der Waals surface area contributed by atoms with Gasteiger partial charge in [0, 0.05) is 5.92 Å². The molecule has 0 N–H and O–H groups in total. The van der Waals surface area contributed by atoms with Crippen LogP contribution in [0.1, 0.15) is 11.1 Å². The standard InChI is InChI=1S/C23H17/c1-2-9-20(10-3-1)23(21-11-5-6-12-21)17-18-14-15-19-8-4-7-13-22(19)16-18/h1-17H/b23-17+. The van der Waals surface area contributed by atoms with Gasteiger partial charge in [-0.1, -0.05) is 72.8 Å². The van der Waals surface area contributed by atoms with Crippen molar-refractivity contribution in [2.45, 2.75) is 0 Å². The summed E-state index contributed by atoms with van der Waals surface area (Å²) >= 11 is 0. The van der Waals surface area contributed by atoms with Crippen LogP contribution in [0, 0.1) is 31.6 Å². The fraction of sp³-hybridized carbons (Fsp3) is 0. The Bertz CT molecular complexity index is 821. The number of hydrogen-bond donors (Lipinski definition) is 0. The predicted molar refractivity (Wildman–Crippen MR) is 98.7 cm³/mol. The molecule has 0 aromatic heterocycles. The lowest BCUT2D eigenvalue weighted by molar-refractivity contribution is 1.38. The molecule has 1 fully saturated rings. The van der Waals surface area contributed by atoms with Crippen molar-refractivity contribution in [2.24, 2.45) is 0 Å². The van der Waals surface area contributed by atoms with E-state index in [1.807, 2.05) is 0 Å². The zero-order valence-corrected chi connectivity index (χ0v) is 12.8. The van der Waals surface area contributed by atoms with Crippen molar-refractivity contribution in [2.75, 3.05) is 0 Å². The molecule has 0 heteroatoms. The average molecular weight is 293 g/mol. The summed E-state index contributed by atoms with van der Waals surface area (Å²) in [4.78, 5) is 0. The molecule has 1 aliphatic rings. The van der Waals surface area contributed by atoms with Gasteiger partial charge in [0.2, 0.25) is 0 Å². The summed E-state index contributed by atoms with van der Waals surface area (Å²) in [7, 11) is 0. The van der Waals surface area contributed by atoms with Gasteiger partial charge in [0.1, 0.15) is 0 Å². The van der Waals surface area contributed by atoms with E-state index in [1.165, 1.54) is 33.4 Å². The van der Waals surface area contributed by atoms with Gasteiger partial charge in [-0.15, -0.1) is 0 Å². The van der Waals surface area contributed by atoms with E-state index in [4.69, 9.17) is 0 Å². The first-order valence-electron chi connectivity index (χ1n) is 7.88. The number of hydrogen-bond acceptors (Lipinski definition) is 0. The fourth-order valence-electron chi connectivity index (χ4n) is 2.97. The Labute approximate surface area is 138 Å². The molecule has 3 aromatic rings. The number of allylic oxidation sites excluding steroid dienone is 1. The Kier molecular flexibility index (Phi) is 3.98.